The van der Waals surface area contributed by atoms with Crippen LogP contribution < -0.4 is 4.90 Å². The van der Waals surface area contributed by atoms with Gasteiger partial charge in [0.2, 0.25) is 0 Å². The number of hydrogen-bond acceptors (Lipinski definition) is 4. The predicted octanol–water partition coefficient (Wildman–Crippen LogP) is 0.746. The van der Waals surface area contributed by atoms with Gasteiger partial charge in [-0.25, -0.2) is 9.97 Å². The number of nitrogens with zero attached hydrogens (tertiary/aromatic N) is 3. The maximum atomic E-state index is 9.83. The second-order valence-corrected chi connectivity index (χ2v) is 3.90. The van der Waals surface area contributed by atoms with Crippen molar-refractivity contribution in [2.45, 2.75) is 25.9 Å². The first kappa shape index (κ1) is 9.40. The van der Waals surface area contributed by atoms with Crippen molar-refractivity contribution in [1.29, 1.82) is 0 Å². The molecule has 1 aliphatic rings. The quantitative estimate of drug-likeness (QED) is 0.753. The first-order valence-corrected chi connectivity index (χ1v) is 4.90. The molecule has 1 saturated heterocycles. The minimum atomic E-state index is -0.501. The van der Waals surface area contributed by atoms with E-state index in [1.807, 2.05) is 19.9 Å². The summed E-state index contributed by atoms with van der Waals surface area (Å²) in [5, 5.41) is 9.83. The van der Waals surface area contributed by atoms with Gasteiger partial charge in [0, 0.05) is 19.3 Å². The predicted molar refractivity (Wildman–Crippen MR) is 54.2 cm³/mol. The van der Waals surface area contributed by atoms with E-state index in [-0.39, 0.29) is 0 Å². The Morgan fingerprint density at radius 2 is 2.29 bits per heavy atom. The van der Waals surface area contributed by atoms with Gasteiger partial charge in [-0.2, -0.15) is 0 Å². The molecule has 1 aromatic rings. The molecule has 0 saturated carbocycles. The highest BCUT2D eigenvalue weighted by molar-refractivity contribution is 5.43. The Hall–Kier alpha value is -1.16. The van der Waals surface area contributed by atoms with Gasteiger partial charge < -0.3 is 10.0 Å². The molecule has 1 N–H and O–H groups in total. The van der Waals surface area contributed by atoms with Crippen LogP contribution >= 0.6 is 0 Å². The van der Waals surface area contributed by atoms with Crippen LogP contribution in [0.1, 0.15) is 19.2 Å². The molecule has 1 aliphatic heterocycles. The summed E-state index contributed by atoms with van der Waals surface area (Å²) in [6.07, 6.45) is 2.55. The summed E-state index contributed by atoms with van der Waals surface area (Å²) in [5.41, 5.74) is -0.501. The summed E-state index contributed by atoms with van der Waals surface area (Å²) in [6, 6.07) is 1.88. The second kappa shape index (κ2) is 3.20. The third-order valence-corrected chi connectivity index (χ3v) is 2.71. The number of anilines is 1. The van der Waals surface area contributed by atoms with Crippen LogP contribution in [0.3, 0.4) is 0 Å². The summed E-state index contributed by atoms with van der Waals surface area (Å²) in [5.74, 6) is 1.69. The lowest BCUT2D eigenvalue weighted by atomic mass is 9.91. The molecule has 1 aromatic heterocycles. The van der Waals surface area contributed by atoms with E-state index >= 15 is 0 Å². The molecule has 4 nitrogen and oxygen atoms in total. The molecule has 0 unspecified atom stereocenters. The maximum Gasteiger partial charge on any atom is 0.132 e. The van der Waals surface area contributed by atoms with Crippen LogP contribution in [0.4, 0.5) is 5.82 Å². The number of β-amino-alcohol motifs (C(OH)–C–C–N with tert-alkyl or cyclic N) is 1. The van der Waals surface area contributed by atoms with E-state index in [0.29, 0.717) is 13.1 Å². The van der Waals surface area contributed by atoms with E-state index < -0.39 is 5.60 Å². The second-order valence-electron chi connectivity index (χ2n) is 3.90. The lowest BCUT2D eigenvalue weighted by Gasteiger charge is -2.46. The summed E-state index contributed by atoms with van der Waals surface area (Å²) < 4.78 is 0. The molecule has 76 valence electrons. The van der Waals surface area contributed by atoms with Crippen molar-refractivity contribution in [2.24, 2.45) is 0 Å². The van der Waals surface area contributed by atoms with Crippen molar-refractivity contribution < 1.29 is 5.11 Å². The fraction of sp³-hybridized carbons (Fsp3) is 0.600. The zero-order chi connectivity index (χ0) is 10.2. The van der Waals surface area contributed by atoms with Crippen LogP contribution in [-0.2, 0) is 0 Å². The minimum absolute atomic E-state index is 0.501. The van der Waals surface area contributed by atoms with Gasteiger partial charge in [-0.15, -0.1) is 0 Å². The Kier molecular flexibility index (Phi) is 2.15. The van der Waals surface area contributed by atoms with Crippen molar-refractivity contribution in [2.75, 3.05) is 18.0 Å². The lowest BCUT2D eigenvalue weighted by molar-refractivity contribution is 0.00803. The van der Waals surface area contributed by atoms with E-state index in [1.165, 1.54) is 0 Å². The van der Waals surface area contributed by atoms with Crippen molar-refractivity contribution in [3.8, 4) is 0 Å². The number of rotatable bonds is 2. The summed E-state index contributed by atoms with van der Waals surface area (Å²) in [6.45, 7) is 5.23. The van der Waals surface area contributed by atoms with Gasteiger partial charge in [-0.1, -0.05) is 6.92 Å². The minimum Gasteiger partial charge on any atom is -0.386 e. The molecule has 0 aromatic carbocycles. The standard InChI is InChI=1S/C10H15N3O/c1-3-10(14)6-13(7-10)9-4-5-11-8(2)12-9/h4-5,14H,3,6-7H2,1-2H3. The van der Waals surface area contributed by atoms with E-state index in [4.69, 9.17) is 0 Å². The average molecular weight is 193 g/mol. The van der Waals surface area contributed by atoms with Crippen molar-refractivity contribution in [3.63, 3.8) is 0 Å². The summed E-state index contributed by atoms with van der Waals surface area (Å²) >= 11 is 0. The normalized spacial score (nSPS) is 19.2. The Balaban J connectivity index is 2.06. The molecule has 0 spiro atoms. The van der Waals surface area contributed by atoms with E-state index in [2.05, 4.69) is 14.9 Å². The topological polar surface area (TPSA) is 49.2 Å². The molecule has 0 atom stereocenters. The van der Waals surface area contributed by atoms with Crippen LogP contribution in [0.15, 0.2) is 12.3 Å². The van der Waals surface area contributed by atoms with Gasteiger partial charge in [0.1, 0.15) is 11.6 Å². The van der Waals surface area contributed by atoms with Gasteiger partial charge in [0.25, 0.3) is 0 Å². The fourth-order valence-electron chi connectivity index (χ4n) is 1.67. The number of aliphatic hydroxyl groups is 1. The van der Waals surface area contributed by atoms with Crippen molar-refractivity contribution >= 4 is 5.82 Å². The molecule has 0 bridgehead atoms. The van der Waals surface area contributed by atoms with Gasteiger partial charge >= 0.3 is 0 Å². The zero-order valence-electron chi connectivity index (χ0n) is 8.56. The van der Waals surface area contributed by atoms with Crippen LogP contribution in [0.25, 0.3) is 0 Å². The third-order valence-electron chi connectivity index (χ3n) is 2.71. The van der Waals surface area contributed by atoms with Gasteiger partial charge in [0.05, 0.1) is 5.60 Å². The highest BCUT2D eigenvalue weighted by Crippen LogP contribution is 2.27. The first-order chi connectivity index (χ1) is 6.63. The maximum absolute atomic E-state index is 9.83. The third kappa shape index (κ3) is 1.57. The Bertz CT molecular complexity index is 334. The molecule has 0 amide bonds. The fourth-order valence-corrected chi connectivity index (χ4v) is 1.67. The highest BCUT2D eigenvalue weighted by Gasteiger charge is 2.40. The molecule has 0 aliphatic carbocycles. The van der Waals surface area contributed by atoms with Crippen LogP contribution in [0.2, 0.25) is 0 Å². The molecule has 2 heterocycles. The van der Waals surface area contributed by atoms with Crippen LogP contribution in [-0.4, -0.2) is 33.8 Å². The molecular weight excluding hydrogens is 178 g/mol. The number of aryl methyl sites for hydroxylation is 1. The molecule has 4 heteroatoms. The Morgan fingerprint density at radius 3 is 2.86 bits per heavy atom. The van der Waals surface area contributed by atoms with Crippen LogP contribution in [0, 0.1) is 6.92 Å². The number of hydrogen-bond donors (Lipinski definition) is 1. The molecular formula is C10H15N3O. The van der Waals surface area contributed by atoms with Gasteiger partial charge in [-0.3, -0.25) is 0 Å². The zero-order valence-corrected chi connectivity index (χ0v) is 8.56. The van der Waals surface area contributed by atoms with E-state index in [0.717, 1.165) is 18.1 Å². The Morgan fingerprint density at radius 1 is 1.57 bits per heavy atom. The summed E-state index contributed by atoms with van der Waals surface area (Å²) in [7, 11) is 0. The highest BCUT2D eigenvalue weighted by atomic mass is 16.3. The molecule has 0 radical (unpaired) electrons. The van der Waals surface area contributed by atoms with Crippen molar-refractivity contribution in [1.82, 2.24) is 9.97 Å². The lowest BCUT2D eigenvalue weighted by Crippen LogP contribution is -2.61. The number of aromatic nitrogens is 2. The van der Waals surface area contributed by atoms with Crippen molar-refractivity contribution in [3.05, 3.63) is 18.1 Å². The molecule has 1 fully saturated rings. The largest absolute Gasteiger partial charge is 0.386 e. The average Bonchev–Trinajstić information content (AvgIpc) is 2.13. The Labute approximate surface area is 83.6 Å². The summed E-state index contributed by atoms with van der Waals surface area (Å²) in [4.78, 5) is 10.4. The van der Waals surface area contributed by atoms with Gasteiger partial charge in [0.15, 0.2) is 0 Å². The monoisotopic (exact) mass is 193 g/mol. The van der Waals surface area contributed by atoms with E-state index in [9.17, 15) is 5.11 Å². The van der Waals surface area contributed by atoms with Crippen LogP contribution in [0.5, 0.6) is 0 Å². The van der Waals surface area contributed by atoms with E-state index in [1.54, 1.807) is 6.20 Å². The molecule has 14 heavy (non-hydrogen) atoms. The smallest absolute Gasteiger partial charge is 0.132 e. The SMILES string of the molecule is CCC1(O)CN(c2ccnc(C)n2)C1. The van der Waals surface area contributed by atoms with Gasteiger partial charge in [-0.05, 0) is 19.4 Å². The molecule has 2 rings (SSSR count). The first-order valence-electron chi connectivity index (χ1n) is 4.90.